The molecule has 0 bridgehead atoms. The van der Waals surface area contributed by atoms with Gasteiger partial charge in [-0.3, -0.25) is 14.4 Å². The first-order valence-electron chi connectivity index (χ1n) is 8.34. The summed E-state index contributed by atoms with van der Waals surface area (Å²) in [5, 5.41) is 9.04. The van der Waals surface area contributed by atoms with E-state index in [1.807, 2.05) is 31.2 Å². The topological polar surface area (TPSA) is 77.9 Å². The van der Waals surface area contributed by atoms with E-state index in [9.17, 15) is 14.4 Å². The van der Waals surface area contributed by atoms with Gasteiger partial charge in [0.15, 0.2) is 0 Å². The number of piperidine rings is 1. The molecule has 6 heteroatoms. The van der Waals surface area contributed by atoms with Crippen molar-refractivity contribution in [3.05, 3.63) is 29.8 Å². The Hall–Kier alpha value is -2.37. The second kappa shape index (κ2) is 6.63. The number of aliphatic carboxylic acids is 1. The van der Waals surface area contributed by atoms with Crippen LogP contribution < -0.4 is 4.90 Å². The standard InChI is InChI=1S/C18H22N2O4/c1-12-3-2-4-15(9-12)20-11-14(10-16(20)21)17(22)19-7-5-13(6-8-19)18(23)24/h2-4,9,13-14H,5-8,10-11H2,1H3,(H,23,24)/t14-/m0/s1. The van der Waals surface area contributed by atoms with Crippen LogP contribution in [0.15, 0.2) is 24.3 Å². The van der Waals surface area contributed by atoms with E-state index in [1.165, 1.54) is 0 Å². The van der Waals surface area contributed by atoms with Crippen molar-refractivity contribution in [3.63, 3.8) is 0 Å². The molecule has 1 aromatic rings. The van der Waals surface area contributed by atoms with Crippen LogP contribution in [0.4, 0.5) is 5.69 Å². The molecule has 2 aliphatic rings. The van der Waals surface area contributed by atoms with Crippen LogP contribution in [-0.2, 0) is 14.4 Å². The molecule has 0 radical (unpaired) electrons. The number of amides is 2. The molecule has 6 nitrogen and oxygen atoms in total. The predicted octanol–water partition coefficient (Wildman–Crippen LogP) is 1.67. The van der Waals surface area contributed by atoms with Crippen LogP contribution in [0.3, 0.4) is 0 Å². The van der Waals surface area contributed by atoms with Crippen molar-refractivity contribution in [2.45, 2.75) is 26.2 Å². The highest BCUT2D eigenvalue weighted by Gasteiger charge is 2.38. The third kappa shape index (κ3) is 3.27. The minimum absolute atomic E-state index is 0.0256. The number of hydrogen-bond donors (Lipinski definition) is 1. The molecule has 24 heavy (non-hydrogen) atoms. The van der Waals surface area contributed by atoms with Crippen LogP contribution in [0.2, 0.25) is 0 Å². The molecule has 2 amide bonds. The van der Waals surface area contributed by atoms with E-state index in [1.54, 1.807) is 9.80 Å². The lowest BCUT2D eigenvalue weighted by Gasteiger charge is -2.31. The Morgan fingerprint density at radius 2 is 1.88 bits per heavy atom. The summed E-state index contributed by atoms with van der Waals surface area (Å²) in [5.74, 6) is -1.53. The molecule has 128 valence electrons. The fourth-order valence-corrected chi connectivity index (χ4v) is 3.52. The van der Waals surface area contributed by atoms with Crippen molar-refractivity contribution in [1.29, 1.82) is 0 Å². The van der Waals surface area contributed by atoms with Crippen molar-refractivity contribution in [1.82, 2.24) is 4.90 Å². The van der Waals surface area contributed by atoms with E-state index in [0.29, 0.717) is 32.5 Å². The number of carbonyl (C=O) groups is 3. The van der Waals surface area contributed by atoms with Gasteiger partial charge in [-0.05, 0) is 37.5 Å². The van der Waals surface area contributed by atoms with Gasteiger partial charge in [-0.2, -0.15) is 0 Å². The fourth-order valence-electron chi connectivity index (χ4n) is 3.52. The Morgan fingerprint density at radius 3 is 2.50 bits per heavy atom. The van der Waals surface area contributed by atoms with Crippen LogP contribution in [-0.4, -0.2) is 47.4 Å². The van der Waals surface area contributed by atoms with E-state index in [4.69, 9.17) is 5.11 Å². The fraction of sp³-hybridized carbons (Fsp3) is 0.500. The summed E-state index contributed by atoms with van der Waals surface area (Å²) >= 11 is 0. The van der Waals surface area contributed by atoms with Crippen molar-refractivity contribution in [2.75, 3.05) is 24.5 Å². The van der Waals surface area contributed by atoms with Crippen LogP contribution in [0.1, 0.15) is 24.8 Å². The Labute approximate surface area is 141 Å². The lowest BCUT2D eigenvalue weighted by atomic mass is 9.95. The average Bonchev–Trinajstić information content (AvgIpc) is 2.96. The number of rotatable bonds is 3. The van der Waals surface area contributed by atoms with Gasteiger partial charge in [0.25, 0.3) is 0 Å². The molecule has 2 heterocycles. The molecule has 0 spiro atoms. The third-order valence-electron chi connectivity index (χ3n) is 4.94. The highest BCUT2D eigenvalue weighted by atomic mass is 16.4. The van der Waals surface area contributed by atoms with Gasteiger partial charge in [0, 0.05) is 31.7 Å². The number of carboxylic acids is 1. The van der Waals surface area contributed by atoms with Gasteiger partial charge >= 0.3 is 5.97 Å². The Balaban J connectivity index is 1.63. The first-order chi connectivity index (χ1) is 11.5. The molecule has 2 saturated heterocycles. The van der Waals surface area contributed by atoms with Gasteiger partial charge in [-0.25, -0.2) is 0 Å². The SMILES string of the molecule is Cc1cccc(N2C[C@@H](C(=O)N3CCC(C(=O)O)CC3)CC2=O)c1. The largest absolute Gasteiger partial charge is 0.481 e. The van der Waals surface area contributed by atoms with Gasteiger partial charge in [-0.1, -0.05) is 12.1 Å². The maximum Gasteiger partial charge on any atom is 0.306 e. The van der Waals surface area contributed by atoms with E-state index >= 15 is 0 Å². The quantitative estimate of drug-likeness (QED) is 0.914. The molecule has 1 atom stereocenters. The van der Waals surface area contributed by atoms with E-state index < -0.39 is 5.97 Å². The molecule has 0 aromatic heterocycles. The Kier molecular flexibility index (Phi) is 4.55. The van der Waals surface area contributed by atoms with Crippen molar-refractivity contribution in [3.8, 4) is 0 Å². The molecule has 0 saturated carbocycles. The van der Waals surface area contributed by atoms with Crippen molar-refractivity contribution < 1.29 is 19.5 Å². The summed E-state index contributed by atoms with van der Waals surface area (Å²) in [6.07, 6.45) is 1.21. The van der Waals surface area contributed by atoms with E-state index in [0.717, 1.165) is 11.3 Å². The molecular weight excluding hydrogens is 308 g/mol. The first-order valence-corrected chi connectivity index (χ1v) is 8.34. The third-order valence-corrected chi connectivity index (χ3v) is 4.94. The van der Waals surface area contributed by atoms with Crippen LogP contribution >= 0.6 is 0 Å². The number of aryl methyl sites for hydroxylation is 1. The predicted molar refractivity (Wildman–Crippen MR) is 88.6 cm³/mol. The molecule has 2 fully saturated rings. The molecule has 1 aromatic carbocycles. The number of benzene rings is 1. The molecule has 0 unspecified atom stereocenters. The number of likely N-dealkylation sites (tertiary alicyclic amines) is 1. The first kappa shape index (κ1) is 16.5. The second-order valence-electron chi connectivity index (χ2n) is 6.68. The maximum atomic E-state index is 12.7. The number of anilines is 1. The number of carbonyl (C=O) groups excluding carboxylic acids is 2. The number of hydrogen-bond acceptors (Lipinski definition) is 3. The molecule has 1 N–H and O–H groups in total. The summed E-state index contributed by atoms with van der Waals surface area (Å²) in [6.45, 7) is 3.30. The second-order valence-corrected chi connectivity index (χ2v) is 6.68. The zero-order valence-corrected chi connectivity index (χ0v) is 13.8. The normalized spacial score (nSPS) is 22.0. The molecular formula is C18H22N2O4. The minimum Gasteiger partial charge on any atom is -0.481 e. The van der Waals surface area contributed by atoms with Gasteiger partial charge < -0.3 is 14.9 Å². The zero-order valence-electron chi connectivity index (χ0n) is 13.8. The lowest BCUT2D eigenvalue weighted by molar-refractivity contribution is -0.146. The highest BCUT2D eigenvalue weighted by Crippen LogP contribution is 2.28. The summed E-state index contributed by atoms with van der Waals surface area (Å²) in [7, 11) is 0. The van der Waals surface area contributed by atoms with Crippen molar-refractivity contribution in [2.24, 2.45) is 11.8 Å². The highest BCUT2D eigenvalue weighted by molar-refractivity contribution is 6.00. The minimum atomic E-state index is -0.788. The van der Waals surface area contributed by atoms with E-state index in [-0.39, 0.29) is 30.1 Å². The number of nitrogens with zero attached hydrogens (tertiary/aromatic N) is 2. The summed E-state index contributed by atoms with van der Waals surface area (Å²) in [6, 6.07) is 7.71. The smallest absolute Gasteiger partial charge is 0.306 e. The lowest BCUT2D eigenvalue weighted by Crippen LogP contribution is -2.43. The Bertz CT molecular complexity index is 665. The monoisotopic (exact) mass is 330 g/mol. The summed E-state index contributed by atoms with van der Waals surface area (Å²) in [4.78, 5) is 39.4. The summed E-state index contributed by atoms with van der Waals surface area (Å²) < 4.78 is 0. The van der Waals surface area contributed by atoms with E-state index in [2.05, 4.69) is 0 Å². The average molecular weight is 330 g/mol. The molecule has 0 aliphatic carbocycles. The van der Waals surface area contributed by atoms with Crippen LogP contribution in [0, 0.1) is 18.8 Å². The van der Waals surface area contributed by atoms with Crippen LogP contribution in [0.5, 0.6) is 0 Å². The van der Waals surface area contributed by atoms with Crippen LogP contribution in [0.25, 0.3) is 0 Å². The van der Waals surface area contributed by atoms with Crippen molar-refractivity contribution >= 4 is 23.5 Å². The van der Waals surface area contributed by atoms with Gasteiger partial charge in [0.05, 0.1) is 11.8 Å². The Morgan fingerprint density at radius 1 is 1.17 bits per heavy atom. The van der Waals surface area contributed by atoms with Gasteiger partial charge in [-0.15, -0.1) is 0 Å². The molecule has 3 rings (SSSR count). The molecule has 2 aliphatic heterocycles. The van der Waals surface area contributed by atoms with Gasteiger partial charge in [0.2, 0.25) is 11.8 Å². The maximum absolute atomic E-state index is 12.7. The summed E-state index contributed by atoms with van der Waals surface area (Å²) in [5.41, 5.74) is 1.91. The zero-order chi connectivity index (χ0) is 17.3. The number of carboxylic acid groups (broad SMARTS) is 1. The van der Waals surface area contributed by atoms with Gasteiger partial charge in [0.1, 0.15) is 0 Å².